The quantitative estimate of drug-likeness (QED) is 0.573. The van der Waals surface area contributed by atoms with E-state index < -0.39 is 36.4 Å². The van der Waals surface area contributed by atoms with Gasteiger partial charge >= 0.3 is 24.1 Å². The zero-order valence-electron chi connectivity index (χ0n) is 13.8. The van der Waals surface area contributed by atoms with E-state index in [2.05, 4.69) is 4.74 Å². The molecule has 0 aliphatic carbocycles. The van der Waals surface area contributed by atoms with E-state index in [0.717, 1.165) is 30.6 Å². The number of halogens is 6. The van der Waals surface area contributed by atoms with E-state index in [4.69, 9.17) is 9.47 Å². The molecule has 0 radical (unpaired) electrons. The van der Waals surface area contributed by atoms with Gasteiger partial charge in [0, 0.05) is 6.07 Å². The van der Waals surface area contributed by atoms with Crippen LogP contribution in [-0.4, -0.2) is 44.9 Å². The summed E-state index contributed by atoms with van der Waals surface area (Å²) in [5, 5.41) is 2.12. The molecule has 12 heteroatoms. The standard InChI is InChI=1S/C14H16F6N2O4/c1-4-26-11(23)22-12(13(15,16)17,14(18,19)20)21-9-6-5-8(24-2)7-10(9)25-3/h5-7,21H,4H2,1-3H3,(H,22,23). The number of ether oxygens (including phenoxy) is 3. The number of hydrogen-bond acceptors (Lipinski definition) is 5. The third kappa shape index (κ3) is 4.35. The van der Waals surface area contributed by atoms with Gasteiger partial charge in [-0.25, -0.2) is 4.79 Å². The Labute approximate surface area is 144 Å². The molecule has 0 saturated heterocycles. The summed E-state index contributed by atoms with van der Waals surface area (Å²) in [7, 11) is 2.29. The molecule has 1 rings (SSSR count). The third-order valence-corrected chi connectivity index (χ3v) is 3.15. The zero-order valence-corrected chi connectivity index (χ0v) is 13.8. The average molecular weight is 390 g/mol. The highest BCUT2D eigenvalue weighted by Gasteiger charge is 2.73. The number of amides is 1. The smallest absolute Gasteiger partial charge is 0.439 e. The van der Waals surface area contributed by atoms with E-state index in [9.17, 15) is 31.1 Å². The van der Waals surface area contributed by atoms with Crippen LogP contribution in [0.3, 0.4) is 0 Å². The van der Waals surface area contributed by atoms with E-state index in [-0.39, 0.29) is 11.5 Å². The number of anilines is 1. The number of alkyl carbamates (subject to hydrolysis) is 1. The lowest BCUT2D eigenvalue weighted by Crippen LogP contribution is -2.72. The number of nitrogens with one attached hydrogen (secondary N) is 2. The number of carbonyl (C=O) groups excluding carboxylic acids is 1. The maximum Gasteiger partial charge on any atom is 0.439 e. The molecule has 0 heterocycles. The number of carbonyl (C=O) groups is 1. The molecule has 6 nitrogen and oxygen atoms in total. The van der Waals surface area contributed by atoms with E-state index in [1.54, 1.807) is 0 Å². The maximum absolute atomic E-state index is 13.4. The fourth-order valence-electron chi connectivity index (χ4n) is 1.90. The molecule has 0 bridgehead atoms. The Hall–Kier alpha value is -2.53. The predicted octanol–water partition coefficient (Wildman–Crippen LogP) is 3.68. The van der Waals surface area contributed by atoms with Gasteiger partial charge in [0.15, 0.2) is 0 Å². The largest absolute Gasteiger partial charge is 0.497 e. The van der Waals surface area contributed by atoms with Gasteiger partial charge in [-0.15, -0.1) is 0 Å². The van der Waals surface area contributed by atoms with Crippen molar-refractivity contribution in [2.75, 3.05) is 26.1 Å². The van der Waals surface area contributed by atoms with Gasteiger partial charge in [-0.2, -0.15) is 26.3 Å². The highest BCUT2D eigenvalue weighted by atomic mass is 19.4. The molecule has 0 aromatic heterocycles. The molecule has 0 atom stereocenters. The van der Waals surface area contributed by atoms with Crippen LogP contribution in [0.25, 0.3) is 0 Å². The lowest BCUT2D eigenvalue weighted by Gasteiger charge is -2.38. The van der Waals surface area contributed by atoms with Crippen molar-refractivity contribution in [1.29, 1.82) is 0 Å². The van der Waals surface area contributed by atoms with Crippen LogP contribution in [0, 0.1) is 0 Å². The normalized spacial score (nSPS) is 12.3. The van der Waals surface area contributed by atoms with Gasteiger partial charge in [0.2, 0.25) is 0 Å². The summed E-state index contributed by atoms with van der Waals surface area (Å²) in [6.07, 6.45) is -13.8. The van der Waals surface area contributed by atoms with Crippen molar-refractivity contribution >= 4 is 11.8 Å². The molecule has 2 N–H and O–H groups in total. The van der Waals surface area contributed by atoms with Crippen molar-refractivity contribution < 1.29 is 45.3 Å². The van der Waals surface area contributed by atoms with Gasteiger partial charge < -0.3 is 19.5 Å². The van der Waals surface area contributed by atoms with Gasteiger partial charge in [-0.1, -0.05) is 0 Å². The van der Waals surface area contributed by atoms with Crippen LogP contribution < -0.4 is 20.1 Å². The lowest BCUT2D eigenvalue weighted by molar-refractivity contribution is -0.294. The second kappa shape index (κ2) is 7.79. The Morgan fingerprint density at radius 3 is 2.04 bits per heavy atom. The number of methoxy groups -OCH3 is 2. The van der Waals surface area contributed by atoms with Crippen molar-refractivity contribution in [2.45, 2.75) is 24.9 Å². The van der Waals surface area contributed by atoms with Crippen molar-refractivity contribution in [2.24, 2.45) is 0 Å². The Bertz CT molecular complexity index is 619. The SMILES string of the molecule is CCOC(=O)NC(Nc1ccc(OC)cc1OC)(C(F)(F)F)C(F)(F)F. The van der Waals surface area contributed by atoms with E-state index in [1.807, 2.05) is 0 Å². The molecule has 1 aromatic carbocycles. The van der Waals surface area contributed by atoms with Crippen LogP contribution >= 0.6 is 0 Å². The van der Waals surface area contributed by atoms with Gasteiger partial charge in [0.05, 0.1) is 26.5 Å². The molecule has 0 unspecified atom stereocenters. The topological polar surface area (TPSA) is 68.8 Å². The van der Waals surface area contributed by atoms with E-state index in [1.165, 1.54) is 19.4 Å². The predicted molar refractivity (Wildman–Crippen MR) is 78.2 cm³/mol. The fraction of sp³-hybridized carbons (Fsp3) is 0.500. The van der Waals surface area contributed by atoms with Gasteiger partial charge in [-0.05, 0) is 19.1 Å². The molecule has 26 heavy (non-hydrogen) atoms. The van der Waals surface area contributed by atoms with Crippen LogP contribution in [0.4, 0.5) is 36.8 Å². The number of hydrogen-bond donors (Lipinski definition) is 2. The average Bonchev–Trinajstić information content (AvgIpc) is 2.52. The highest BCUT2D eigenvalue weighted by molar-refractivity contribution is 5.70. The van der Waals surface area contributed by atoms with Crippen LogP contribution in [-0.2, 0) is 4.74 Å². The first-order chi connectivity index (χ1) is 11.9. The fourth-order valence-corrected chi connectivity index (χ4v) is 1.90. The van der Waals surface area contributed by atoms with Gasteiger partial charge in [0.1, 0.15) is 11.5 Å². The molecule has 0 aliphatic rings. The molecule has 148 valence electrons. The van der Waals surface area contributed by atoms with Crippen molar-refractivity contribution in [3.05, 3.63) is 18.2 Å². The minimum absolute atomic E-state index is 0.135. The minimum atomic E-state index is -5.97. The number of rotatable bonds is 6. The summed E-state index contributed by atoms with van der Waals surface area (Å²) in [6, 6.07) is 3.08. The summed E-state index contributed by atoms with van der Waals surface area (Å²) >= 11 is 0. The molecule has 1 amide bonds. The van der Waals surface area contributed by atoms with Crippen LogP contribution in [0.5, 0.6) is 11.5 Å². The Kier molecular flexibility index (Phi) is 6.44. The molecule has 0 fully saturated rings. The summed E-state index contributed by atoms with van der Waals surface area (Å²) in [5.41, 5.74) is -5.49. The first-order valence-corrected chi connectivity index (χ1v) is 7.00. The first kappa shape index (κ1) is 21.5. The zero-order chi connectivity index (χ0) is 20.2. The highest BCUT2D eigenvalue weighted by Crippen LogP contribution is 2.45. The maximum atomic E-state index is 13.4. The Morgan fingerprint density at radius 1 is 1.04 bits per heavy atom. The van der Waals surface area contributed by atoms with Crippen LogP contribution in [0.1, 0.15) is 6.92 Å². The molecular weight excluding hydrogens is 374 g/mol. The minimum Gasteiger partial charge on any atom is -0.497 e. The Morgan fingerprint density at radius 2 is 1.62 bits per heavy atom. The molecule has 0 saturated carbocycles. The summed E-state index contributed by atoms with van der Waals surface area (Å²) in [4.78, 5) is 11.4. The Balaban J connectivity index is 3.48. The van der Waals surface area contributed by atoms with Crippen molar-refractivity contribution in [3.8, 4) is 11.5 Å². The van der Waals surface area contributed by atoms with Crippen LogP contribution in [0.2, 0.25) is 0 Å². The van der Waals surface area contributed by atoms with Crippen molar-refractivity contribution in [1.82, 2.24) is 5.32 Å². The second-order valence-corrected chi connectivity index (χ2v) is 4.78. The van der Waals surface area contributed by atoms with E-state index in [0.29, 0.717) is 0 Å². The molecule has 0 aliphatic heterocycles. The van der Waals surface area contributed by atoms with E-state index >= 15 is 0 Å². The monoisotopic (exact) mass is 390 g/mol. The van der Waals surface area contributed by atoms with Gasteiger partial charge in [-0.3, -0.25) is 5.32 Å². The summed E-state index contributed by atoms with van der Waals surface area (Å²) in [6.45, 7) is 0.797. The lowest BCUT2D eigenvalue weighted by atomic mass is 10.1. The summed E-state index contributed by atoms with van der Waals surface area (Å²) in [5.74, 6) is -0.233. The third-order valence-electron chi connectivity index (χ3n) is 3.15. The van der Waals surface area contributed by atoms with Crippen LogP contribution in [0.15, 0.2) is 18.2 Å². The van der Waals surface area contributed by atoms with Crippen molar-refractivity contribution in [3.63, 3.8) is 0 Å². The molecule has 0 spiro atoms. The molecule has 1 aromatic rings. The number of alkyl halides is 6. The second-order valence-electron chi connectivity index (χ2n) is 4.78. The van der Waals surface area contributed by atoms with Gasteiger partial charge in [0.25, 0.3) is 0 Å². The molecular formula is C14H16F6N2O4. The summed E-state index contributed by atoms with van der Waals surface area (Å²) < 4.78 is 94.3. The number of benzene rings is 1. The first-order valence-electron chi connectivity index (χ1n) is 7.00.